The molecule has 0 saturated heterocycles. The molecule has 0 aliphatic carbocycles. The molecular weight excluding hydrogens is 162 g/mol. The van der Waals surface area contributed by atoms with E-state index in [4.69, 9.17) is 11.6 Å². The zero-order valence-electron chi connectivity index (χ0n) is 6.65. The summed E-state index contributed by atoms with van der Waals surface area (Å²) >= 11 is 5.65. The molecule has 0 radical (unpaired) electrons. The normalized spacial score (nSPS) is 18.8. The summed E-state index contributed by atoms with van der Waals surface area (Å²) in [7, 11) is 0. The van der Waals surface area contributed by atoms with E-state index in [1.54, 1.807) is 6.92 Å². The highest BCUT2D eigenvalue weighted by atomic mass is 35.5. The predicted octanol–water partition coefficient (Wildman–Crippen LogP) is 2.28. The molecule has 60 valence electrons. The Hall–Kier alpha value is -0.630. The van der Waals surface area contributed by atoms with Gasteiger partial charge in [-0.25, -0.2) is 4.99 Å². The van der Waals surface area contributed by atoms with Crippen LogP contribution in [0, 0.1) is 0 Å². The summed E-state index contributed by atoms with van der Waals surface area (Å²) < 4.78 is 0. The van der Waals surface area contributed by atoms with E-state index >= 15 is 0 Å². The molecule has 1 aliphatic heterocycles. The number of carbonyl (C=O) groups is 1. The van der Waals surface area contributed by atoms with Gasteiger partial charge in [-0.05, 0) is 13.3 Å². The summed E-state index contributed by atoms with van der Waals surface area (Å²) in [4.78, 5) is 15.2. The van der Waals surface area contributed by atoms with Crippen LogP contribution in [-0.2, 0) is 4.79 Å². The molecule has 1 heterocycles. The van der Waals surface area contributed by atoms with Crippen LogP contribution in [0.15, 0.2) is 16.3 Å². The van der Waals surface area contributed by atoms with Crippen LogP contribution >= 0.6 is 11.6 Å². The molecule has 0 aromatic heterocycles. The summed E-state index contributed by atoms with van der Waals surface area (Å²) in [5, 5.41) is 0.414. The van der Waals surface area contributed by atoms with Crippen LogP contribution in [0.3, 0.4) is 0 Å². The minimum absolute atomic E-state index is 0.0989. The van der Waals surface area contributed by atoms with Crippen LogP contribution in [0.2, 0.25) is 0 Å². The average Bonchev–Trinajstić information content (AvgIpc) is 1.96. The molecule has 0 spiro atoms. The van der Waals surface area contributed by atoms with Crippen molar-refractivity contribution in [1.82, 2.24) is 0 Å². The van der Waals surface area contributed by atoms with Crippen LogP contribution in [0.1, 0.15) is 26.7 Å². The summed E-state index contributed by atoms with van der Waals surface area (Å²) in [6.07, 6.45) is 1.05. The van der Waals surface area contributed by atoms with Crippen molar-refractivity contribution in [2.24, 2.45) is 4.99 Å². The van der Waals surface area contributed by atoms with Gasteiger partial charge in [0.05, 0.1) is 6.42 Å². The first-order chi connectivity index (χ1) is 5.15. The smallest absolute Gasteiger partial charge is 0.167 e. The van der Waals surface area contributed by atoms with E-state index in [0.717, 1.165) is 17.7 Å². The Bertz CT molecular complexity index is 253. The first-order valence-electron chi connectivity index (χ1n) is 3.61. The van der Waals surface area contributed by atoms with Crippen LogP contribution in [-0.4, -0.2) is 11.0 Å². The zero-order valence-corrected chi connectivity index (χ0v) is 7.40. The number of Topliss-reactive ketones (excluding diaryl/α,β-unsaturated/α-hetero) is 1. The second-order valence-corrected chi connectivity index (χ2v) is 2.95. The van der Waals surface area contributed by atoms with Gasteiger partial charge in [0, 0.05) is 11.3 Å². The maximum atomic E-state index is 11.2. The number of hydrogen-bond acceptors (Lipinski definition) is 2. The van der Waals surface area contributed by atoms with Gasteiger partial charge in [-0.15, -0.1) is 0 Å². The van der Waals surface area contributed by atoms with Crippen molar-refractivity contribution in [2.75, 3.05) is 0 Å². The lowest BCUT2D eigenvalue weighted by molar-refractivity contribution is -0.114. The van der Waals surface area contributed by atoms with E-state index in [-0.39, 0.29) is 12.2 Å². The van der Waals surface area contributed by atoms with Gasteiger partial charge in [-0.1, -0.05) is 18.5 Å². The molecule has 1 rings (SSSR count). The highest BCUT2D eigenvalue weighted by Crippen LogP contribution is 2.19. The lowest BCUT2D eigenvalue weighted by atomic mass is 10.1. The number of rotatable bonds is 1. The minimum Gasteiger partial charge on any atom is -0.294 e. The third kappa shape index (κ3) is 1.69. The molecule has 0 unspecified atom stereocenters. The molecular formula is C8H10ClNO. The number of hydrogen-bond donors (Lipinski definition) is 0. The Morgan fingerprint density at radius 2 is 2.27 bits per heavy atom. The largest absolute Gasteiger partial charge is 0.294 e. The molecule has 0 fully saturated rings. The molecule has 0 aromatic carbocycles. The second-order valence-electron chi connectivity index (χ2n) is 2.51. The molecule has 0 amide bonds. The van der Waals surface area contributed by atoms with Gasteiger partial charge in [-0.2, -0.15) is 0 Å². The summed E-state index contributed by atoms with van der Waals surface area (Å²) in [5.74, 6) is 0.0989. The van der Waals surface area contributed by atoms with Gasteiger partial charge in [0.25, 0.3) is 0 Å². The van der Waals surface area contributed by atoms with Gasteiger partial charge in [0.1, 0.15) is 5.17 Å². The lowest BCUT2D eigenvalue weighted by Gasteiger charge is -2.10. The lowest BCUT2D eigenvalue weighted by Crippen LogP contribution is -2.11. The molecule has 0 saturated carbocycles. The van der Waals surface area contributed by atoms with Crippen molar-refractivity contribution < 1.29 is 4.79 Å². The quantitative estimate of drug-likeness (QED) is 0.595. The summed E-state index contributed by atoms with van der Waals surface area (Å²) in [6, 6.07) is 0. The number of halogens is 1. The Kier molecular flexibility index (Phi) is 2.45. The highest BCUT2D eigenvalue weighted by Gasteiger charge is 2.16. The van der Waals surface area contributed by atoms with E-state index in [1.165, 1.54) is 0 Å². The van der Waals surface area contributed by atoms with Gasteiger partial charge in [0.2, 0.25) is 0 Å². The fraction of sp³-hybridized carbons (Fsp3) is 0.500. The molecule has 0 N–H and O–H groups in total. The first kappa shape index (κ1) is 8.47. The number of aliphatic imine (C=N–C) groups is 1. The zero-order chi connectivity index (χ0) is 8.43. The topological polar surface area (TPSA) is 29.4 Å². The van der Waals surface area contributed by atoms with Crippen molar-refractivity contribution in [3.63, 3.8) is 0 Å². The Labute approximate surface area is 71.0 Å². The summed E-state index contributed by atoms with van der Waals surface area (Å²) in [6.45, 7) is 3.76. The number of carbonyl (C=O) groups excluding carboxylic acids is 1. The molecule has 11 heavy (non-hydrogen) atoms. The molecule has 0 atom stereocenters. The molecule has 0 bridgehead atoms. The van der Waals surface area contributed by atoms with Crippen molar-refractivity contribution in [2.45, 2.75) is 26.7 Å². The van der Waals surface area contributed by atoms with Crippen LogP contribution < -0.4 is 0 Å². The first-order valence-corrected chi connectivity index (χ1v) is 3.99. The van der Waals surface area contributed by atoms with Gasteiger partial charge in [-0.3, -0.25) is 4.79 Å². The number of ketones is 1. The third-order valence-corrected chi connectivity index (χ3v) is 1.97. The van der Waals surface area contributed by atoms with Gasteiger partial charge < -0.3 is 0 Å². The highest BCUT2D eigenvalue weighted by molar-refractivity contribution is 6.67. The number of nitrogens with zero attached hydrogens (tertiary/aromatic N) is 1. The van der Waals surface area contributed by atoms with Crippen LogP contribution in [0.4, 0.5) is 0 Å². The van der Waals surface area contributed by atoms with Crippen LogP contribution in [0.25, 0.3) is 0 Å². The Morgan fingerprint density at radius 3 is 2.82 bits per heavy atom. The van der Waals surface area contributed by atoms with Crippen molar-refractivity contribution >= 4 is 22.6 Å². The standard InChI is InChI=1S/C8H10ClNO/c1-3-6-5(2)7(11)4-8(9)10-6/h3-4H2,1-2H3. The second kappa shape index (κ2) is 3.18. The van der Waals surface area contributed by atoms with E-state index in [2.05, 4.69) is 4.99 Å². The van der Waals surface area contributed by atoms with Crippen molar-refractivity contribution in [3.8, 4) is 0 Å². The SMILES string of the molecule is CCC1=C(C)C(=O)CC(Cl)=N1. The molecule has 0 aromatic rings. The Balaban J connectivity index is 3.02. The Morgan fingerprint density at radius 1 is 1.64 bits per heavy atom. The summed E-state index contributed by atoms with van der Waals surface area (Å²) in [5.41, 5.74) is 1.59. The van der Waals surface area contributed by atoms with E-state index in [1.807, 2.05) is 6.92 Å². The van der Waals surface area contributed by atoms with E-state index < -0.39 is 0 Å². The monoisotopic (exact) mass is 171 g/mol. The molecule has 3 heteroatoms. The fourth-order valence-electron chi connectivity index (χ4n) is 1.04. The van der Waals surface area contributed by atoms with Crippen molar-refractivity contribution in [1.29, 1.82) is 0 Å². The van der Waals surface area contributed by atoms with E-state index in [9.17, 15) is 4.79 Å². The minimum atomic E-state index is 0.0989. The predicted molar refractivity (Wildman–Crippen MR) is 45.9 cm³/mol. The van der Waals surface area contributed by atoms with Gasteiger partial charge in [0.15, 0.2) is 5.78 Å². The van der Waals surface area contributed by atoms with Crippen molar-refractivity contribution in [3.05, 3.63) is 11.3 Å². The van der Waals surface area contributed by atoms with Crippen LogP contribution in [0.5, 0.6) is 0 Å². The molecule has 2 nitrogen and oxygen atoms in total. The van der Waals surface area contributed by atoms with Gasteiger partial charge >= 0.3 is 0 Å². The maximum absolute atomic E-state index is 11.2. The third-order valence-electron chi connectivity index (χ3n) is 1.75. The molecule has 1 aliphatic rings. The fourth-order valence-corrected chi connectivity index (χ4v) is 1.26. The van der Waals surface area contributed by atoms with E-state index in [0.29, 0.717) is 5.17 Å². The average molecular weight is 172 g/mol. The maximum Gasteiger partial charge on any atom is 0.167 e. The number of allylic oxidation sites excluding steroid dienone is 2.